The molecule has 0 aromatic carbocycles. The van der Waals surface area contributed by atoms with Crippen molar-refractivity contribution in [2.45, 2.75) is 0 Å². The standard InChI is InChI=1S/C5H5IN/c1-2-4-6-7-5-3-1/h1-5H/q-1. The van der Waals surface area contributed by atoms with E-state index in [0.29, 0.717) is 0 Å². The third-order valence-corrected chi connectivity index (χ3v) is 1.93. The van der Waals surface area contributed by atoms with Gasteiger partial charge in [0.25, 0.3) is 0 Å². The molecule has 1 heterocycles. The average Bonchev–Trinajstić information content (AvgIpc) is 1.90. The third kappa shape index (κ3) is 1.87. The number of hydrogen-bond donors (Lipinski definition) is 0. The summed E-state index contributed by atoms with van der Waals surface area (Å²) in [5.74, 6) is 0. The van der Waals surface area contributed by atoms with Crippen LogP contribution in [0, 0.1) is 0 Å². The monoisotopic (exact) mass is 206 g/mol. The van der Waals surface area contributed by atoms with Crippen LogP contribution in [0.4, 0.5) is 0 Å². The summed E-state index contributed by atoms with van der Waals surface area (Å²) in [7, 11) is 0. The van der Waals surface area contributed by atoms with Crippen LogP contribution >= 0.6 is 0 Å². The van der Waals surface area contributed by atoms with E-state index in [1.54, 1.807) is 0 Å². The molecule has 38 valence electrons. The minimum absolute atomic E-state index is 0.0136. The molecular formula is C5H5IN-. The Hall–Kier alpha value is -0.120. The number of hydrogen-bond acceptors (Lipinski definition) is 1. The third-order valence-electron chi connectivity index (χ3n) is 0.550. The predicted molar refractivity (Wildman–Crippen MR) is 26.8 cm³/mol. The Balaban J connectivity index is 2.60. The van der Waals surface area contributed by atoms with E-state index in [2.05, 4.69) is 7.29 Å². The van der Waals surface area contributed by atoms with Gasteiger partial charge in [0.05, 0.1) is 0 Å². The van der Waals surface area contributed by atoms with Gasteiger partial charge in [-0.15, -0.1) is 0 Å². The molecule has 0 unspecified atom stereocenters. The number of rotatable bonds is 0. The van der Waals surface area contributed by atoms with Gasteiger partial charge in [-0.25, -0.2) is 0 Å². The van der Waals surface area contributed by atoms with Crippen LogP contribution < -0.4 is 21.5 Å². The van der Waals surface area contributed by atoms with Gasteiger partial charge in [-0.1, -0.05) is 0 Å². The Morgan fingerprint density at radius 2 is 2.14 bits per heavy atom. The average molecular weight is 206 g/mol. The zero-order chi connectivity index (χ0) is 4.95. The van der Waals surface area contributed by atoms with E-state index >= 15 is 0 Å². The first-order valence-corrected chi connectivity index (χ1v) is 4.19. The molecule has 0 aromatic rings. The van der Waals surface area contributed by atoms with E-state index in [0.717, 1.165) is 0 Å². The molecule has 0 radical (unpaired) electrons. The van der Waals surface area contributed by atoms with Gasteiger partial charge >= 0.3 is 53.2 Å². The number of halogens is 1. The van der Waals surface area contributed by atoms with Crippen LogP contribution in [0.3, 0.4) is 0 Å². The van der Waals surface area contributed by atoms with Gasteiger partial charge in [-0.2, -0.15) is 0 Å². The Kier molecular flexibility index (Phi) is 2.12. The Labute approximate surface area is 53.5 Å². The molecule has 1 aliphatic heterocycles. The predicted octanol–water partition coefficient (Wildman–Crippen LogP) is -1.86. The van der Waals surface area contributed by atoms with Gasteiger partial charge in [0.2, 0.25) is 0 Å². The number of allylic oxidation sites excluding steroid dienone is 3. The van der Waals surface area contributed by atoms with Crippen molar-refractivity contribution in [3.05, 3.63) is 22.3 Å². The molecule has 0 aromatic heterocycles. The molecule has 0 saturated carbocycles. The van der Waals surface area contributed by atoms with Gasteiger partial charge in [-0.3, -0.25) is 0 Å². The summed E-state index contributed by atoms with van der Waals surface area (Å²) in [6.45, 7) is 0. The molecule has 0 amide bonds. The SMILES string of the molecule is C1=CC=N[I-]C=C1. The van der Waals surface area contributed by atoms with Crippen LogP contribution in [0.5, 0.6) is 0 Å². The van der Waals surface area contributed by atoms with E-state index in [1.165, 1.54) is 0 Å². The second kappa shape index (κ2) is 2.96. The molecule has 0 bridgehead atoms. The summed E-state index contributed by atoms with van der Waals surface area (Å²) >= 11 is 0.0136. The van der Waals surface area contributed by atoms with Crippen molar-refractivity contribution in [2.24, 2.45) is 3.21 Å². The second-order valence-corrected chi connectivity index (χ2v) is 2.88. The van der Waals surface area contributed by atoms with E-state index in [1.807, 2.05) is 24.4 Å². The van der Waals surface area contributed by atoms with E-state index in [9.17, 15) is 0 Å². The van der Waals surface area contributed by atoms with E-state index in [4.69, 9.17) is 0 Å². The molecule has 1 nitrogen and oxygen atoms in total. The van der Waals surface area contributed by atoms with Gasteiger partial charge in [0.15, 0.2) is 0 Å². The van der Waals surface area contributed by atoms with Crippen LogP contribution in [-0.4, -0.2) is 6.21 Å². The number of nitrogens with zero attached hydrogens (tertiary/aromatic N) is 1. The van der Waals surface area contributed by atoms with Crippen molar-refractivity contribution < 1.29 is 21.5 Å². The van der Waals surface area contributed by atoms with Crippen molar-refractivity contribution in [1.82, 2.24) is 0 Å². The maximum atomic E-state index is 4.08. The minimum atomic E-state index is 0.0136. The molecule has 1 rings (SSSR count). The van der Waals surface area contributed by atoms with E-state index < -0.39 is 0 Å². The fourth-order valence-corrected chi connectivity index (χ4v) is 1.27. The molecule has 0 fully saturated rings. The van der Waals surface area contributed by atoms with Crippen LogP contribution in [0.25, 0.3) is 0 Å². The molecule has 0 N–H and O–H groups in total. The van der Waals surface area contributed by atoms with Gasteiger partial charge in [0.1, 0.15) is 0 Å². The van der Waals surface area contributed by atoms with Crippen LogP contribution in [0.1, 0.15) is 0 Å². The fourth-order valence-electron chi connectivity index (χ4n) is 0.286. The summed E-state index contributed by atoms with van der Waals surface area (Å²) in [6.07, 6.45) is 7.84. The van der Waals surface area contributed by atoms with Gasteiger partial charge in [0, 0.05) is 0 Å². The molecular weight excluding hydrogens is 201 g/mol. The first-order chi connectivity index (χ1) is 3.50. The van der Waals surface area contributed by atoms with Crippen molar-refractivity contribution in [1.29, 1.82) is 0 Å². The summed E-state index contributed by atoms with van der Waals surface area (Å²) in [5, 5.41) is 0. The normalized spacial score (nSPS) is 18.3. The fraction of sp³-hybridized carbons (Fsp3) is 0. The summed E-state index contributed by atoms with van der Waals surface area (Å²) in [4.78, 5) is 0. The summed E-state index contributed by atoms with van der Waals surface area (Å²) < 4.78 is 6.21. The molecule has 7 heavy (non-hydrogen) atoms. The van der Waals surface area contributed by atoms with Gasteiger partial charge < -0.3 is 0 Å². The quantitative estimate of drug-likeness (QED) is 0.412. The van der Waals surface area contributed by atoms with Crippen LogP contribution in [0.15, 0.2) is 25.5 Å². The zero-order valence-electron chi connectivity index (χ0n) is 3.71. The van der Waals surface area contributed by atoms with Crippen molar-refractivity contribution in [3.8, 4) is 0 Å². The summed E-state index contributed by atoms with van der Waals surface area (Å²) in [6, 6.07) is 0. The first kappa shape index (κ1) is 5.03. The maximum absolute atomic E-state index is 4.08. The topological polar surface area (TPSA) is 12.4 Å². The van der Waals surface area contributed by atoms with Crippen LogP contribution in [-0.2, 0) is 0 Å². The Morgan fingerprint density at radius 3 is 3.14 bits per heavy atom. The van der Waals surface area contributed by atoms with Gasteiger partial charge in [-0.05, 0) is 0 Å². The Bertz CT molecular complexity index is 110. The molecule has 1 aliphatic rings. The van der Waals surface area contributed by atoms with Crippen molar-refractivity contribution >= 4 is 6.21 Å². The molecule has 2 heteroatoms. The van der Waals surface area contributed by atoms with Crippen LogP contribution in [0.2, 0.25) is 0 Å². The molecule has 0 saturated heterocycles. The molecule has 0 atom stereocenters. The van der Waals surface area contributed by atoms with Crippen molar-refractivity contribution in [2.75, 3.05) is 0 Å². The summed E-state index contributed by atoms with van der Waals surface area (Å²) in [5.41, 5.74) is 0. The zero-order valence-corrected chi connectivity index (χ0v) is 5.87. The second-order valence-electron chi connectivity index (χ2n) is 1.05. The van der Waals surface area contributed by atoms with Crippen molar-refractivity contribution in [3.63, 3.8) is 0 Å². The Morgan fingerprint density at radius 1 is 1.14 bits per heavy atom. The molecule has 0 aliphatic carbocycles. The molecule has 0 spiro atoms. The van der Waals surface area contributed by atoms with E-state index in [-0.39, 0.29) is 21.5 Å². The first-order valence-electron chi connectivity index (χ1n) is 1.98.